The molecule has 1 aromatic carbocycles. The van der Waals surface area contributed by atoms with Gasteiger partial charge in [-0.15, -0.1) is 0 Å². The van der Waals surface area contributed by atoms with Crippen molar-refractivity contribution in [2.75, 3.05) is 25.4 Å². The maximum absolute atomic E-state index is 11.8. The lowest BCUT2D eigenvalue weighted by molar-refractivity contribution is 0.358. The Labute approximate surface area is 109 Å². The molecule has 0 bridgehead atoms. The smallest absolute Gasteiger partial charge is 0.213 e. The van der Waals surface area contributed by atoms with Crippen molar-refractivity contribution in [3.05, 3.63) is 35.9 Å². The molecule has 1 aliphatic heterocycles. The van der Waals surface area contributed by atoms with E-state index in [1.54, 1.807) is 0 Å². The van der Waals surface area contributed by atoms with Crippen molar-refractivity contribution in [3.63, 3.8) is 0 Å². The predicted molar refractivity (Wildman–Crippen MR) is 72.7 cm³/mol. The normalized spacial score (nSPS) is 17.1. The molecule has 1 N–H and O–H groups in total. The van der Waals surface area contributed by atoms with E-state index in [9.17, 15) is 8.42 Å². The number of hydrogen-bond donors (Lipinski definition) is 1. The molecule has 1 aromatic rings. The SMILES string of the molecule is O=S(=O)(CCN1CCCC1)NCc1ccccc1. The molecule has 5 heteroatoms. The zero-order valence-electron chi connectivity index (χ0n) is 10.5. The van der Waals surface area contributed by atoms with Gasteiger partial charge in [-0.2, -0.15) is 0 Å². The molecular weight excluding hydrogens is 248 g/mol. The minimum atomic E-state index is -3.16. The van der Waals surface area contributed by atoms with Crippen LogP contribution in [0.25, 0.3) is 0 Å². The highest BCUT2D eigenvalue weighted by molar-refractivity contribution is 7.89. The highest BCUT2D eigenvalue weighted by Crippen LogP contribution is 2.07. The molecule has 1 heterocycles. The fourth-order valence-electron chi connectivity index (χ4n) is 2.12. The van der Waals surface area contributed by atoms with Gasteiger partial charge >= 0.3 is 0 Å². The molecule has 0 aromatic heterocycles. The maximum Gasteiger partial charge on any atom is 0.213 e. The molecule has 18 heavy (non-hydrogen) atoms. The molecule has 0 amide bonds. The van der Waals surface area contributed by atoms with Crippen molar-refractivity contribution in [3.8, 4) is 0 Å². The van der Waals surface area contributed by atoms with Gasteiger partial charge in [0.05, 0.1) is 5.75 Å². The van der Waals surface area contributed by atoms with Crippen LogP contribution in [0.4, 0.5) is 0 Å². The molecule has 0 spiro atoms. The maximum atomic E-state index is 11.8. The van der Waals surface area contributed by atoms with Crippen LogP contribution in [0.2, 0.25) is 0 Å². The molecule has 1 aliphatic rings. The molecule has 0 unspecified atom stereocenters. The molecule has 0 radical (unpaired) electrons. The molecule has 0 saturated carbocycles. The van der Waals surface area contributed by atoms with Gasteiger partial charge in [-0.3, -0.25) is 0 Å². The average molecular weight is 268 g/mol. The van der Waals surface area contributed by atoms with Crippen molar-refractivity contribution in [1.82, 2.24) is 9.62 Å². The zero-order valence-corrected chi connectivity index (χ0v) is 11.3. The Bertz CT molecular complexity index is 453. The van der Waals surface area contributed by atoms with Crippen molar-refractivity contribution in [2.24, 2.45) is 0 Å². The van der Waals surface area contributed by atoms with Crippen molar-refractivity contribution in [2.45, 2.75) is 19.4 Å². The van der Waals surface area contributed by atoms with Crippen LogP contribution in [-0.2, 0) is 16.6 Å². The van der Waals surface area contributed by atoms with Crippen molar-refractivity contribution >= 4 is 10.0 Å². The summed E-state index contributed by atoms with van der Waals surface area (Å²) < 4.78 is 26.3. The Morgan fingerprint density at radius 1 is 1.11 bits per heavy atom. The van der Waals surface area contributed by atoms with Gasteiger partial charge in [0.25, 0.3) is 0 Å². The molecule has 2 rings (SSSR count). The summed E-state index contributed by atoms with van der Waals surface area (Å²) >= 11 is 0. The second-order valence-corrected chi connectivity index (χ2v) is 6.60. The monoisotopic (exact) mass is 268 g/mol. The van der Waals surface area contributed by atoms with Crippen molar-refractivity contribution in [1.29, 1.82) is 0 Å². The lowest BCUT2D eigenvalue weighted by Gasteiger charge is -2.14. The van der Waals surface area contributed by atoms with Crippen LogP contribution in [0, 0.1) is 0 Å². The summed E-state index contributed by atoms with van der Waals surface area (Å²) in [5, 5.41) is 0. The van der Waals surface area contributed by atoms with E-state index in [2.05, 4.69) is 9.62 Å². The third kappa shape index (κ3) is 4.40. The summed E-state index contributed by atoms with van der Waals surface area (Å²) in [4.78, 5) is 2.21. The van der Waals surface area contributed by atoms with Gasteiger partial charge in [0.2, 0.25) is 10.0 Å². The van der Waals surface area contributed by atoms with Gasteiger partial charge in [-0.25, -0.2) is 13.1 Å². The molecular formula is C13H20N2O2S. The molecule has 1 fully saturated rings. The summed E-state index contributed by atoms with van der Waals surface area (Å²) in [5.74, 6) is 0.194. The summed E-state index contributed by atoms with van der Waals surface area (Å²) in [6, 6.07) is 9.58. The van der Waals surface area contributed by atoms with E-state index in [1.807, 2.05) is 30.3 Å². The second kappa shape index (κ2) is 6.31. The Morgan fingerprint density at radius 3 is 2.44 bits per heavy atom. The van der Waals surface area contributed by atoms with Crippen LogP contribution < -0.4 is 4.72 Å². The lowest BCUT2D eigenvalue weighted by atomic mass is 10.2. The topological polar surface area (TPSA) is 49.4 Å². The standard InChI is InChI=1S/C13H20N2O2S/c16-18(17,11-10-15-8-4-5-9-15)14-12-13-6-2-1-3-7-13/h1-3,6-7,14H,4-5,8-12H2. The van der Waals surface area contributed by atoms with Crippen molar-refractivity contribution < 1.29 is 8.42 Å². The van der Waals surface area contributed by atoms with Crippen LogP contribution in [0.5, 0.6) is 0 Å². The first-order chi connectivity index (χ1) is 8.66. The summed E-state index contributed by atoms with van der Waals surface area (Å²) in [5.41, 5.74) is 0.988. The highest BCUT2D eigenvalue weighted by Gasteiger charge is 2.16. The van der Waals surface area contributed by atoms with E-state index in [1.165, 1.54) is 12.8 Å². The quantitative estimate of drug-likeness (QED) is 0.843. The lowest BCUT2D eigenvalue weighted by Crippen LogP contribution is -2.33. The van der Waals surface area contributed by atoms with Gasteiger partial charge < -0.3 is 4.90 Å². The molecule has 4 nitrogen and oxygen atoms in total. The number of hydrogen-bond acceptors (Lipinski definition) is 3. The summed E-state index contributed by atoms with van der Waals surface area (Å²) in [7, 11) is -3.16. The predicted octanol–water partition coefficient (Wildman–Crippen LogP) is 1.20. The van der Waals surface area contributed by atoms with Gasteiger partial charge in [-0.1, -0.05) is 30.3 Å². The minimum absolute atomic E-state index is 0.194. The fraction of sp³-hybridized carbons (Fsp3) is 0.538. The molecule has 0 aliphatic carbocycles. The minimum Gasteiger partial charge on any atom is -0.302 e. The first-order valence-electron chi connectivity index (χ1n) is 6.39. The third-order valence-corrected chi connectivity index (χ3v) is 4.52. The van der Waals surface area contributed by atoms with E-state index < -0.39 is 10.0 Å². The van der Waals surface area contributed by atoms with E-state index in [0.717, 1.165) is 18.7 Å². The Hall–Kier alpha value is -0.910. The number of sulfonamides is 1. The van der Waals surface area contributed by atoms with Crippen LogP contribution in [-0.4, -0.2) is 38.7 Å². The Kier molecular flexibility index (Phi) is 4.74. The van der Waals surface area contributed by atoms with Gasteiger partial charge in [-0.05, 0) is 31.5 Å². The third-order valence-electron chi connectivity index (χ3n) is 3.21. The van der Waals surface area contributed by atoms with E-state index in [4.69, 9.17) is 0 Å². The molecule has 100 valence electrons. The first-order valence-corrected chi connectivity index (χ1v) is 8.04. The van der Waals surface area contributed by atoms with E-state index >= 15 is 0 Å². The molecule has 1 saturated heterocycles. The number of likely N-dealkylation sites (tertiary alicyclic amines) is 1. The number of nitrogens with zero attached hydrogens (tertiary/aromatic N) is 1. The van der Waals surface area contributed by atoms with Crippen LogP contribution >= 0.6 is 0 Å². The van der Waals surface area contributed by atoms with E-state index in [-0.39, 0.29) is 5.75 Å². The number of benzene rings is 1. The zero-order chi connectivity index (χ0) is 12.8. The fourth-order valence-corrected chi connectivity index (χ4v) is 3.15. The summed E-state index contributed by atoms with van der Waals surface area (Å²) in [6.07, 6.45) is 2.38. The van der Waals surface area contributed by atoms with Crippen LogP contribution in [0.15, 0.2) is 30.3 Å². The number of nitrogens with one attached hydrogen (secondary N) is 1. The first kappa shape index (κ1) is 13.5. The van der Waals surface area contributed by atoms with Crippen LogP contribution in [0.3, 0.4) is 0 Å². The summed E-state index contributed by atoms with van der Waals surface area (Å²) in [6.45, 7) is 3.09. The number of rotatable bonds is 6. The Balaban J connectivity index is 1.76. The highest BCUT2D eigenvalue weighted by atomic mass is 32.2. The van der Waals surface area contributed by atoms with Crippen LogP contribution in [0.1, 0.15) is 18.4 Å². The molecule has 0 atom stereocenters. The van der Waals surface area contributed by atoms with E-state index in [0.29, 0.717) is 13.1 Å². The van der Waals surface area contributed by atoms with Gasteiger partial charge in [0.15, 0.2) is 0 Å². The average Bonchev–Trinajstić information content (AvgIpc) is 2.89. The second-order valence-electron chi connectivity index (χ2n) is 4.67. The van der Waals surface area contributed by atoms with Gasteiger partial charge in [0, 0.05) is 13.1 Å². The van der Waals surface area contributed by atoms with Gasteiger partial charge in [0.1, 0.15) is 0 Å². The largest absolute Gasteiger partial charge is 0.302 e. The Morgan fingerprint density at radius 2 is 1.78 bits per heavy atom.